The Morgan fingerprint density at radius 2 is 1.93 bits per heavy atom. The van der Waals surface area contributed by atoms with E-state index in [1.807, 2.05) is 24.4 Å². The molecule has 0 amide bonds. The Morgan fingerprint density at radius 3 is 2.64 bits per heavy atom. The van der Waals surface area contributed by atoms with Crippen LogP contribution in [0.2, 0.25) is 0 Å². The number of nitrogens with one attached hydrogen (secondary N) is 1. The second-order valence-electron chi connectivity index (χ2n) is 7.56. The Morgan fingerprint density at radius 1 is 1.14 bits per heavy atom. The number of para-hydroxylation sites is 1. The number of hydrogen-bond donors (Lipinski definition) is 3. The molecule has 2 bridgehead atoms. The van der Waals surface area contributed by atoms with Crippen LogP contribution in [-0.2, 0) is 6.54 Å². The lowest BCUT2D eigenvalue weighted by Crippen LogP contribution is -2.53. The van der Waals surface area contributed by atoms with Crippen LogP contribution in [0.25, 0.3) is 11.3 Å². The summed E-state index contributed by atoms with van der Waals surface area (Å²) in [6.07, 6.45) is 5.99. The third-order valence-electron chi connectivity index (χ3n) is 5.86. The predicted octanol–water partition coefficient (Wildman–Crippen LogP) is 2.01. The molecule has 2 fully saturated rings. The van der Waals surface area contributed by atoms with Crippen molar-refractivity contribution in [1.29, 1.82) is 0 Å². The highest BCUT2D eigenvalue weighted by molar-refractivity contribution is 5.74. The first-order valence-corrected chi connectivity index (χ1v) is 9.58. The summed E-state index contributed by atoms with van der Waals surface area (Å²) in [5, 5.41) is 18.5. The molecule has 5 rings (SSSR count). The Bertz CT molecular complexity index is 960. The molecule has 2 aliphatic rings. The molecule has 3 aromatic rings. The molecular weight excluding hydrogens is 354 g/mol. The van der Waals surface area contributed by atoms with Crippen molar-refractivity contribution < 1.29 is 5.11 Å². The zero-order valence-corrected chi connectivity index (χ0v) is 15.5. The summed E-state index contributed by atoms with van der Waals surface area (Å²) < 4.78 is 0. The minimum Gasteiger partial charge on any atom is -0.507 e. The lowest BCUT2D eigenvalue weighted by atomic mass is 10.1. The molecule has 2 saturated heterocycles. The summed E-state index contributed by atoms with van der Waals surface area (Å²) in [6, 6.07) is 10.1. The van der Waals surface area contributed by atoms with Crippen molar-refractivity contribution in [3.63, 3.8) is 0 Å². The minimum absolute atomic E-state index is 0.192. The SMILES string of the molecule is Nc1nnc(-c2ccccc2O)cc1N1CC2CCC(C1)N2Cc1cnc[nH]1. The molecule has 0 spiro atoms. The van der Waals surface area contributed by atoms with Crippen molar-refractivity contribution in [2.24, 2.45) is 0 Å². The molecule has 2 unspecified atom stereocenters. The van der Waals surface area contributed by atoms with Gasteiger partial charge in [0.15, 0.2) is 5.82 Å². The summed E-state index contributed by atoms with van der Waals surface area (Å²) >= 11 is 0. The third-order valence-corrected chi connectivity index (χ3v) is 5.86. The third kappa shape index (κ3) is 2.95. The van der Waals surface area contributed by atoms with Crippen molar-refractivity contribution in [3.8, 4) is 17.0 Å². The van der Waals surface area contributed by atoms with Crippen molar-refractivity contribution >= 4 is 11.5 Å². The van der Waals surface area contributed by atoms with Crippen LogP contribution in [0.4, 0.5) is 11.5 Å². The van der Waals surface area contributed by atoms with Crippen LogP contribution < -0.4 is 10.6 Å². The standard InChI is InChI=1S/C20H23N7O/c21-20-18(7-17(24-25-20)16-3-1-2-4-19(16)28)26-10-14-5-6-15(11-26)27(14)9-13-8-22-12-23-13/h1-4,7-8,12,14-15,28H,5-6,9-11H2,(H2,21,25)(H,22,23). The predicted molar refractivity (Wildman–Crippen MR) is 107 cm³/mol. The number of phenolic OH excluding ortho intramolecular Hbond substituents is 1. The first kappa shape index (κ1) is 17.0. The van der Waals surface area contributed by atoms with E-state index in [2.05, 4.69) is 30.0 Å². The van der Waals surface area contributed by atoms with Gasteiger partial charge in [0.05, 0.1) is 17.7 Å². The Hall–Kier alpha value is -3.13. The molecule has 0 radical (unpaired) electrons. The normalized spacial score (nSPS) is 21.9. The summed E-state index contributed by atoms with van der Waals surface area (Å²) in [4.78, 5) is 12.2. The summed E-state index contributed by atoms with van der Waals surface area (Å²) in [6.45, 7) is 2.71. The highest BCUT2D eigenvalue weighted by Crippen LogP contribution is 2.37. The summed E-state index contributed by atoms with van der Waals surface area (Å²) in [5.41, 5.74) is 9.53. The van der Waals surface area contributed by atoms with Crippen molar-refractivity contribution in [3.05, 3.63) is 48.5 Å². The lowest BCUT2D eigenvalue weighted by molar-refractivity contribution is 0.159. The first-order valence-electron chi connectivity index (χ1n) is 9.58. The van der Waals surface area contributed by atoms with Crippen molar-refractivity contribution in [1.82, 2.24) is 25.1 Å². The van der Waals surface area contributed by atoms with Crippen molar-refractivity contribution in [2.45, 2.75) is 31.5 Å². The number of imidazole rings is 1. The number of aromatic amines is 1. The maximum absolute atomic E-state index is 10.2. The number of piperazine rings is 1. The number of anilines is 2. The number of nitrogens with zero attached hydrogens (tertiary/aromatic N) is 5. The molecule has 4 heterocycles. The molecule has 0 aliphatic carbocycles. The fourth-order valence-electron chi connectivity index (χ4n) is 4.48. The van der Waals surface area contributed by atoms with Crippen molar-refractivity contribution in [2.75, 3.05) is 23.7 Å². The zero-order chi connectivity index (χ0) is 19.1. The molecule has 2 aromatic heterocycles. The fraction of sp³-hybridized carbons (Fsp3) is 0.350. The largest absolute Gasteiger partial charge is 0.507 e. The van der Waals surface area contributed by atoms with Crippen LogP contribution >= 0.6 is 0 Å². The number of benzene rings is 1. The van der Waals surface area contributed by atoms with Crippen LogP contribution in [0, 0.1) is 0 Å². The van der Waals surface area contributed by atoms with Crippen LogP contribution in [0.3, 0.4) is 0 Å². The van der Waals surface area contributed by atoms with Gasteiger partial charge in [-0.1, -0.05) is 12.1 Å². The maximum Gasteiger partial charge on any atom is 0.169 e. The molecule has 0 saturated carbocycles. The maximum atomic E-state index is 10.2. The van der Waals surface area contributed by atoms with Gasteiger partial charge in [0.1, 0.15) is 5.75 Å². The average Bonchev–Trinajstić information content (AvgIpc) is 3.28. The van der Waals surface area contributed by atoms with E-state index in [4.69, 9.17) is 5.73 Å². The molecule has 1 aromatic carbocycles. The molecule has 28 heavy (non-hydrogen) atoms. The van der Waals surface area contributed by atoms with Crippen LogP contribution in [0.15, 0.2) is 42.9 Å². The number of phenols is 1. The average molecular weight is 377 g/mol. The topological polar surface area (TPSA) is 107 Å². The lowest BCUT2D eigenvalue weighted by Gasteiger charge is -2.42. The minimum atomic E-state index is 0.192. The second-order valence-corrected chi connectivity index (χ2v) is 7.56. The molecular formula is C20H23N7O. The van der Waals surface area contributed by atoms with Gasteiger partial charge in [-0.2, -0.15) is 0 Å². The zero-order valence-electron chi connectivity index (χ0n) is 15.5. The quantitative estimate of drug-likeness (QED) is 0.638. The van der Waals surface area contributed by atoms with Gasteiger partial charge in [-0.3, -0.25) is 4.90 Å². The smallest absolute Gasteiger partial charge is 0.169 e. The van der Waals surface area contributed by atoms with E-state index in [0.29, 0.717) is 29.2 Å². The van der Waals surface area contributed by atoms with Crippen LogP contribution in [0.1, 0.15) is 18.5 Å². The number of hydrogen-bond acceptors (Lipinski definition) is 7. The van der Waals surface area contributed by atoms with E-state index in [0.717, 1.165) is 31.0 Å². The summed E-state index contributed by atoms with van der Waals surface area (Å²) in [5.74, 6) is 0.623. The number of H-pyrrole nitrogens is 1. The molecule has 2 atom stereocenters. The Labute approximate surface area is 163 Å². The number of aromatic hydroxyl groups is 1. The van der Waals surface area contributed by atoms with E-state index >= 15 is 0 Å². The van der Waals surface area contributed by atoms with Gasteiger partial charge >= 0.3 is 0 Å². The highest BCUT2D eigenvalue weighted by atomic mass is 16.3. The Balaban J connectivity index is 1.40. The number of rotatable bonds is 4. The molecule has 8 heteroatoms. The number of aromatic nitrogens is 4. The van der Waals surface area contributed by atoms with Gasteiger partial charge in [-0.05, 0) is 31.0 Å². The summed E-state index contributed by atoms with van der Waals surface area (Å²) in [7, 11) is 0. The monoisotopic (exact) mass is 377 g/mol. The van der Waals surface area contributed by atoms with E-state index in [1.54, 1.807) is 18.5 Å². The van der Waals surface area contributed by atoms with Crippen LogP contribution in [-0.4, -0.2) is 55.3 Å². The first-order chi connectivity index (χ1) is 13.7. The van der Waals surface area contributed by atoms with Gasteiger partial charge in [0, 0.05) is 49.2 Å². The number of nitrogens with two attached hydrogens (primary N) is 1. The number of nitrogen functional groups attached to an aromatic ring is 1. The highest BCUT2D eigenvalue weighted by Gasteiger charge is 2.40. The van der Waals surface area contributed by atoms with Gasteiger partial charge in [0.25, 0.3) is 0 Å². The van der Waals surface area contributed by atoms with Gasteiger partial charge in [-0.15, -0.1) is 10.2 Å². The molecule has 8 nitrogen and oxygen atoms in total. The van der Waals surface area contributed by atoms with Gasteiger partial charge in [-0.25, -0.2) is 4.98 Å². The fourth-order valence-corrected chi connectivity index (χ4v) is 4.48. The van der Waals surface area contributed by atoms with Gasteiger partial charge in [0.2, 0.25) is 0 Å². The molecule has 144 valence electrons. The molecule has 2 aliphatic heterocycles. The van der Waals surface area contributed by atoms with E-state index in [-0.39, 0.29) is 5.75 Å². The second kappa shape index (κ2) is 6.79. The van der Waals surface area contributed by atoms with E-state index < -0.39 is 0 Å². The Kier molecular flexibility index (Phi) is 4.12. The van der Waals surface area contributed by atoms with Gasteiger partial charge < -0.3 is 20.7 Å². The van der Waals surface area contributed by atoms with E-state index in [9.17, 15) is 5.11 Å². The van der Waals surface area contributed by atoms with Crippen LogP contribution in [0.5, 0.6) is 5.75 Å². The number of fused-ring (bicyclic) bond motifs is 2. The van der Waals surface area contributed by atoms with E-state index in [1.165, 1.54) is 12.8 Å². The molecule has 4 N–H and O–H groups in total.